The second-order valence-electron chi connectivity index (χ2n) is 4.41. The van der Waals surface area contributed by atoms with Gasteiger partial charge in [-0.25, -0.2) is 4.39 Å². The number of hydrogen-bond donors (Lipinski definition) is 1. The Hall–Kier alpha value is -0.410. The van der Waals surface area contributed by atoms with Crippen molar-refractivity contribution < 1.29 is 4.39 Å². The Labute approximate surface area is 106 Å². The van der Waals surface area contributed by atoms with Gasteiger partial charge in [0, 0.05) is 10.5 Å². The molecule has 1 N–H and O–H groups in total. The van der Waals surface area contributed by atoms with E-state index in [1.165, 1.54) is 12.1 Å². The van der Waals surface area contributed by atoms with Crippen LogP contribution in [0.5, 0.6) is 0 Å². The van der Waals surface area contributed by atoms with Crippen molar-refractivity contribution in [3.8, 4) is 0 Å². The highest BCUT2D eigenvalue weighted by Gasteiger charge is 2.15. The molecular weight excluding hydrogens is 269 g/mol. The van der Waals surface area contributed by atoms with Gasteiger partial charge in [0.05, 0.1) is 0 Å². The quantitative estimate of drug-likeness (QED) is 0.852. The van der Waals surface area contributed by atoms with Crippen LogP contribution in [0.2, 0.25) is 0 Å². The van der Waals surface area contributed by atoms with E-state index < -0.39 is 0 Å². The van der Waals surface area contributed by atoms with Crippen LogP contribution in [0.3, 0.4) is 0 Å². The maximum Gasteiger partial charge on any atom is 0.124 e. The fourth-order valence-electron chi connectivity index (χ4n) is 1.82. The van der Waals surface area contributed by atoms with Crippen molar-refractivity contribution in [2.45, 2.75) is 33.2 Å². The SMILES string of the molecule is CCNC(CC(C)C)c1ccc(F)cc1Br. The van der Waals surface area contributed by atoms with Gasteiger partial charge in [0.25, 0.3) is 0 Å². The van der Waals surface area contributed by atoms with Crippen LogP contribution < -0.4 is 5.32 Å². The molecule has 1 nitrogen and oxygen atoms in total. The molecule has 90 valence electrons. The van der Waals surface area contributed by atoms with E-state index in [4.69, 9.17) is 0 Å². The van der Waals surface area contributed by atoms with Gasteiger partial charge in [-0.15, -0.1) is 0 Å². The summed E-state index contributed by atoms with van der Waals surface area (Å²) in [6.45, 7) is 7.40. The first kappa shape index (κ1) is 13.7. The van der Waals surface area contributed by atoms with Gasteiger partial charge in [0.15, 0.2) is 0 Å². The molecule has 0 aliphatic heterocycles. The zero-order valence-corrected chi connectivity index (χ0v) is 11.6. The van der Waals surface area contributed by atoms with Gasteiger partial charge >= 0.3 is 0 Å². The fourth-order valence-corrected chi connectivity index (χ4v) is 2.45. The van der Waals surface area contributed by atoms with Crippen LogP contribution in [0.1, 0.15) is 38.8 Å². The van der Waals surface area contributed by atoms with Gasteiger partial charge in [-0.05, 0) is 36.6 Å². The van der Waals surface area contributed by atoms with E-state index in [0.717, 1.165) is 23.0 Å². The summed E-state index contributed by atoms with van der Waals surface area (Å²) < 4.78 is 13.9. The van der Waals surface area contributed by atoms with Crippen molar-refractivity contribution >= 4 is 15.9 Å². The second kappa shape index (κ2) is 6.36. The smallest absolute Gasteiger partial charge is 0.124 e. The molecule has 0 spiro atoms. The van der Waals surface area contributed by atoms with Gasteiger partial charge in [-0.1, -0.05) is 42.8 Å². The van der Waals surface area contributed by atoms with Gasteiger partial charge in [-0.3, -0.25) is 0 Å². The summed E-state index contributed by atoms with van der Waals surface area (Å²) >= 11 is 3.43. The average molecular weight is 288 g/mol. The maximum atomic E-state index is 13.0. The van der Waals surface area contributed by atoms with Crippen molar-refractivity contribution in [3.63, 3.8) is 0 Å². The number of halogens is 2. The van der Waals surface area contributed by atoms with Crippen molar-refractivity contribution in [2.24, 2.45) is 5.92 Å². The number of hydrogen-bond acceptors (Lipinski definition) is 1. The van der Waals surface area contributed by atoms with Crippen LogP contribution in [-0.2, 0) is 0 Å². The maximum absolute atomic E-state index is 13.0. The van der Waals surface area contributed by atoms with E-state index in [-0.39, 0.29) is 5.82 Å². The Kier molecular flexibility index (Phi) is 5.42. The van der Waals surface area contributed by atoms with E-state index >= 15 is 0 Å². The molecule has 0 heterocycles. The molecule has 1 aromatic rings. The molecule has 0 bridgehead atoms. The molecule has 3 heteroatoms. The molecular formula is C13H19BrFN. The van der Waals surface area contributed by atoms with Crippen molar-refractivity contribution in [2.75, 3.05) is 6.54 Å². The number of benzene rings is 1. The normalized spacial score (nSPS) is 13.1. The number of rotatable bonds is 5. The second-order valence-corrected chi connectivity index (χ2v) is 5.26. The summed E-state index contributed by atoms with van der Waals surface area (Å²) in [7, 11) is 0. The lowest BCUT2D eigenvalue weighted by Gasteiger charge is -2.21. The Balaban J connectivity index is 2.91. The molecule has 16 heavy (non-hydrogen) atoms. The van der Waals surface area contributed by atoms with Crippen LogP contribution >= 0.6 is 15.9 Å². The van der Waals surface area contributed by atoms with Crippen LogP contribution in [0.4, 0.5) is 4.39 Å². The van der Waals surface area contributed by atoms with Crippen molar-refractivity contribution in [1.29, 1.82) is 0 Å². The summed E-state index contributed by atoms with van der Waals surface area (Å²) in [4.78, 5) is 0. The minimum atomic E-state index is -0.199. The molecule has 0 saturated heterocycles. The summed E-state index contributed by atoms with van der Waals surface area (Å²) in [5.74, 6) is 0.413. The topological polar surface area (TPSA) is 12.0 Å². The number of nitrogens with one attached hydrogen (secondary N) is 1. The summed E-state index contributed by atoms with van der Waals surface area (Å²) in [5.41, 5.74) is 1.14. The monoisotopic (exact) mass is 287 g/mol. The van der Waals surface area contributed by atoms with Gasteiger partial charge in [0.1, 0.15) is 5.82 Å². The van der Waals surface area contributed by atoms with E-state index in [1.807, 2.05) is 6.07 Å². The highest BCUT2D eigenvalue weighted by atomic mass is 79.9. The minimum Gasteiger partial charge on any atom is -0.310 e. The molecule has 0 fully saturated rings. The lowest BCUT2D eigenvalue weighted by Crippen LogP contribution is -2.22. The first-order chi connectivity index (χ1) is 7.54. The van der Waals surface area contributed by atoms with Gasteiger partial charge in [-0.2, -0.15) is 0 Å². The van der Waals surface area contributed by atoms with Crippen LogP contribution in [0.25, 0.3) is 0 Å². The first-order valence-corrected chi connectivity index (χ1v) is 6.52. The molecule has 0 amide bonds. The van der Waals surface area contributed by atoms with E-state index in [2.05, 4.69) is 42.0 Å². The van der Waals surface area contributed by atoms with E-state index in [9.17, 15) is 4.39 Å². The zero-order chi connectivity index (χ0) is 12.1. The molecule has 0 aliphatic carbocycles. The van der Waals surface area contributed by atoms with Crippen LogP contribution in [-0.4, -0.2) is 6.54 Å². The van der Waals surface area contributed by atoms with Gasteiger partial charge < -0.3 is 5.32 Å². The largest absolute Gasteiger partial charge is 0.310 e. The molecule has 0 saturated carbocycles. The molecule has 1 unspecified atom stereocenters. The summed E-state index contributed by atoms with van der Waals surface area (Å²) in [6, 6.07) is 5.19. The Morgan fingerprint density at radius 2 is 2.06 bits per heavy atom. The molecule has 0 radical (unpaired) electrons. The molecule has 1 aromatic carbocycles. The third-order valence-corrected chi connectivity index (χ3v) is 3.18. The Morgan fingerprint density at radius 1 is 1.38 bits per heavy atom. The zero-order valence-electron chi connectivity index (χ0n) is 10.1. The first-order valence-electron chi connectivity index (χ1n) is 5.73. The highest BCUT2D eigenvalue weighted by Crippen LogP contribution is 2.28. The van der Waals surface area contributed by atoms with Crippen LogP contribution in [0.15, 0.2) is 22.7 Å². The van der Waals surface area contributed by atoms with Crippen molar-refractivity contribution in [1.82, 2.24) is 5.32 Å². The van der Waals surface area contributed by atoms with Crippen LogP contribution in [0, 0.1) is 11.7 Å². The lowest BCUT2D eigenvalue weighted by atomic mass is 9.97. The predicted molar refractivity (Wildman–Crippen MR) is 70.0 cm³/mol. The molecule has 0 aliphatic rings. The third-order valence-electron chi connectivity index (χ3n) is 2.50. The molecule has 1 atom stereocenters. The lowest BCUT2D eigenvalue weighted by molar-refractivity contribution is 0.437. The standard InChI is InChI=1S/C13H19BrFN/c1-4-16-13(7-9(2)3)11-6-5-10(15)8-12(11)14/h5-6,8-9,13,16H,4,7H2,1-3H3. The van der Waals surface area contributed by atoms with E-state index in [1.54, 1.807) is 0 Å². The summed E-state index contributed by atoms with van der Waals surface area (Å²) in [5, 5.41) is 3.44. The highest BCUT2D eigenvalue weighted by molar-refractivity contribution is 9.10. The molecule has 0 aromatic heterocycles. The minimum absolute atomic E-state index is 0.199. The summed E-state index contributed by atoms with van der Waals surface area (Å²) in [6.07, 6.45) is 1.05. The fraction of sp³-hybridized carbons (Fsp3) is 0.538. The Bertz CT molecular complexity index is 339. The average Bonchev–Trinajstić information content (AvgIpc) is 2.16. The predicted octanol–water partition coefficient (Wildman–Crippen LogP) is 4.28. The van der Waals surface area contributed by atoms with Crippen molar-refractivity contribution in [3.05, 3.63) is 34.1 Å². The Morgan fingerprint density at radius 3 is 2.56 bits per heavy atom. The van der Waals surface area contributed by atoms with E-state index in [0.29, 0.717) is 12.0 Å². The molecule has 1 rings (SSSR count). The third kappa shape index (κ3) is 3.87. The van der Waals surface area contributed by atoms with Gasteiger partial charge in [0.2, 0.25) is 0 Å².